The second-order valence-corrected chi connectivity index (χ2v) is 8.02. The molecule has 0 bridgehead atoms. The molecule has 0 aliphatic carbocycles. The highest BCUT2D eigenvalue weighted by molar-refractivity contribution is 5.78. The number of rotatable bonds is 11. The van der Waals surface area contributed by atoms with Crippen LogP contribution in [0.2, 0.25) is 0 Å². The van der Waals surface area contributed by atoms with E-state index in [2.05, 4.69) is 6.92 Å². The minimum absolute atomic E-state index is 0.0638. The van der Waals surface area contributed by atoms with Crippen molar-refractivity contribution in [2.45, 2.75) is 33.7 Å². The zero-order chi connectivity index (χ0) is 23.8. The summed E-state index contributed by atoms with van der Waals surface area (Å²) in [7, 11) is 3.26. The molecule has 0 atom stereocenters. The van der Waals surface area contributed by atoms with Crippen molar-refractivity contribution < 1.29 is 19.0 Å². The van der Waals surface area contributed by atoms with Gasteiger partial charge in [0.05, 0.1) is 37.2 Å². The first-order valence-corrected chi connectivity index (χ1v) is 11.2. The van der Waals surface area contributed by atoms with E-state index < -0.39 is 0 Å². The minimum atomic E-state index is -0.126. The maximum atomic E-state index is 13.0. The highest BCUT2D eigenvalue weighted by Crippen LogP contribution is 2.33. The second-order valence-electron chi connectivity index (χ2n) is 8.02. The third kappa shape index (κ3) is 5.93. The van der Waals surface area contributed by atoms with Gasteiger partial charge < -0.3 is 19.1 Å². The molecule has 0 fully saturated rings. The number of nitrogens with zero attached hydrogens (tertiary/aromatic N) is 3. The lowest BCUT2D eigenvalue weighted by molar-refractivity contribution is -0.135. The fourth-order valence-electron chi connectivity index (χ4n) is 3.57. The summed E-state index contributed by atoms with van der Waals surface area (Å²) in [5.41, 5.74) is 2.65. The van der Waals surface area contributed by atoms with Crippen LogP contribution in [0.4, 0.5) is 0 Å². The van der Waals surface area contributed by atoms with Gasteiger partial charge >= 0.3 is 0 Å². The van der Waals surface area contributed by atoms with Gasteiger partial charge in [-0.3, -0.25) is 4.79 Å². The molecular weight excluding hydrogens is 418 g/mol. The first-order valence-electron chi connectivity index (χ1n) is 11.2. The summed E-state index contributed by atoms with van der Waals surface area (Å²) < 4.78 is 18.8. The Hall–Kier alpha value is -3.32. The van der Waals surface area contributed by atoms with Gasteiger partial charge in [0.25, 0.3) is 0 Å². The lowest BCUT2D eigenvalue weighted by Crippen LogP contribution is -2.36. The third-order valence-electron chi connectivity index (χ3n) is 5.33. The Labute approximate surface area is 195 Å². The highest BCUT2D eigenvalue weighted by Gasteiger charge is 2.25. The topological polar surface area (TPSA) is 65.8 Å². The molecule has 0 saturated carbocycles. The smallest absolute Gasteiger partial charge is 0.227 e. The van der Waals surface area contributed by atoms with Crippen LogP contribution < -0.4 is 9.47 Å². The zero-order valence-corrected chi connectivity index (χ0v) is 20.1. The van der Waals surface area contributed by atoms with E-state index in [1.807, 2.05) is 78.0 Å². The molecule has 0 unspecified atom stereocenters. The second kappa shape index (κ2) is 11.5. The van der Waals surface area contributed by atoms with Crippen molar-refractivity contribution in [1.29, 1.82) is 0 Å². The molecule has 7 heteroatoms. The van der Waals surface area contributed by atoms with Crippen molar-refractivity contribution in [3.05, 3.63) is 65.9 Å². The van der Waals surface area contributed by atoms with E-state index in [0.717, 1.165) is 16.9 Å². The van der Waals surface area contributed by atoms with Gasteiger partial charge in [0, 0.05) is 25.6 Å². The molecule has 2 aromatic carbocycles. The van der Waals surface area contributed by atoms with Crippen molar-refractivity contribution >= 4 is 5.91 Å². The van der Waals surface area contributed by atoms with E-state index in [0.29, 0.717) is 43.5 Å². The standard InChI is InChI=1S/C26H33N3O4/c1-6-24-23(18-28(15-16-31-4)25(30)19(2)3)26(29(27-24)20-11-8-7-9-12-20)33-22-14-10-13-21(17-22)32-5/h7-14,17,19H,6,15-16,18H2,1-5H3. The van der Waals surface area contributed by atoms with Gasteiger partial charge in [-0.15, -0.1) is 0 Å². The monoisotopic (exact) mass is 451 g/mol. The fourth-order valence-corrected chi connectivity index (χ4v) is 3.57. The summed E-state index contributed by atoms with van der Waals surface area (Å²) >= 11 is 0. The van der Waals surface area contributed by atoms with Crippen LogP contribution in [0, 0.1) is 5.92 Å². The molecule has 33 heavy (non-hydrogen) atoms. The molecule has 0 saturated heterocycles. The molecule has 1 amide bonds. The van der Waals surface area contributed by atoms with E-state index in [-0.39, 0.29) is 11.8 Å². The van der Waals surface area contributed by atoms with E-state index in [9.17, 15) is 4.79 Å². The first kappa shape index (κ1) is 24.3. The summed E-state index contributed by atoms with van der Waals surface area (Å²) in [6.45, 7) is 7.20. The van der Waals surface area contributed by atoms with Crippen LogP contribution in [-0.4, -0.2) is 48.0 Å². The summed E-state index contributed by atoms with van der Waals surface area (Å²) in [5, 5.41) is 4.87. The average Bonchev–Trinajstić information content (AvgIpc) is 3.18. The first-order chi connectivity index (χ1) is 16.0. The summed E-state index contributed by atoms with van der Waals surface area (Å²) in [4.78, 5) is 14.8. The molecule has 0 radical (unpaired) electrons. The Morgan fingerprint density at radius 3 is 2.42 bits per heavy atom. The number of amides is 1. The van der Waals surface area contributed by atoms with Gasteiger partial charge in [-0.2, -0.15) is 5.10 Å². The van der Waals surface area contributed by atoms with Crippen LogP contribution in [0.3, 0.4) is 0 Å². The molecule has 0 N–H and O–H groups in total. The SMILES string of the molecule is CCc1nn(-c2ccccc2)c(Oc2cccc(OC)c2)c1CN(CCOC)C(=O)C(C)C. The zero-order valence-electron chi connectivity index (χ0n) is 20.1. The van der Waals surface area contributed by atoms with E-state index in [1.54, 1.807) is 14.2 Å². The molecular formula is C26H33N3O4. The predicted molar refractivity (Wildman–Crippen MR) is 128 cm³/mol. The number of aromatic nitrogens is 2. The number of carbonyl (C=O) groups excluding carboxylic acids is 1. The summed E-state index contributed by atoms with van der Waals surface area (Å²) in [6.07, 6.45) is 0.706. The summed E-state index contributed by atoms with van der Waals surface area (Å²) in [5.74, 6) is 1.86. The van der Waals surface area contributed by atoms with E-state index >= 15 is 0 Å². The molecule has 7 nitrogen and oxygen atoms in total. The van der Waals surface area contributed by atoms with E-state index in [1.165, 1.54) is 0 Å². The Morgan fingerprint density at radius 1 is 1.06 bits per heavy atom. The Morgan fingerprint density at radius 2 is 1.79 bits per heavy atom. The molecule has 1 aromatic heterocycles. The van der Waals surface area contributed by atoms with Crippen LogP contribution in [0.15, 0.2) is 54.6 Å². The molecule has 0 aliphatic rings. The predicted octanol–water partition coefficient (Wildman–Crippen LogP) is 4.87. The van der Waals surface area contributed by atoms with Crippen LogP contribution in [0.1, 0.15) is 32.0 Å². The number of para-hydroxylation sites is 1. The number of methoxy groups -OCH3 is 2. The molecule has 0 aliphatic heterocycles. The molecule has 3 aromatic rings. The minimum Gasteiger partial charge on any atom is -0.497 e. The molecule has 176 valence electrons. The number of benzene rings is 2. The van der Waals surface area contributed by atoms with Gasteiger partial charge in [-0.05, 0) is 30.7 Å². The Bertz CT molecular complexity index is 1050. The van der Waals surface area contributed by atoms with Crippen LogP contribution in [0.5, 0.6) is 17.4 Å². The van der Waals surface area contributed by atoms with Crippen LogP contribution in [0.25, 0.3) is 5.69 Å². The highest BCUT2D eigenvalue weighted by atomic mass is 16.5. The fraction of sp³-hybridized carbons (Fsp3) is 0.385. The van der Waals surface area contributed by atoms with Crippen molar-refractivity contribution in [2.24, 2.45) is 5.92 Å². The number of carbonyl (C=O) groups is 1. The number of aryl methyl sites for hydroxylation is 1. The number of hydrogen-bond donors (Lipinski definition) is 0. The maximum Gasteiger partial charge on any atom is 0.227 e. The number of hydrogen-bond acceptors (Lipinski definition) is 5. The van der Waals surface area contributed by atoms with Crippen LogP contribution in [-0.2, 0) is 22.5 Å². The van der Waals surface area contributed by atoms with Crippen molar-refractivity contribution in [3.63, 3.8) is 0 Å². The molecule has 3 rings (SSSR count). The van der Waals surface area contributed by atoms with Gasteiger partial charge in [-0.25, -0.2) is 4.68 Å². The average molecular weight is 452 g/mol. The quantitative estimate of drug-likeness (QED) is 0.416. The summed E-state index contributed by atoms with van der Waals surface area (Å²) in [6, 6.07) is 17.3. The van der Waals surface area contributed by atoms with Crippen molar-refractivity contribution in [2.75, 3.05) is 27.4 Å². The van der Waals surface area contributed by atoms with Crippen LogP contribution >= 0.6 is 0 Å². The molecule has 1 heterocycles. The Balaban J connectivity index is 2.10. The normalized spacial score (nSPS) is 11.0. The van der Waals surface area contributed by atoms with Gasteiger partial charge in [-0.1, -0.05) is 45.0 Å². The lowest BCUT2D eigenvalue weighted by Gasteiger charge is -2.25. The van der Waals surface area contributed by atoms with Gasteiger partial charge in [0.1, 0.15) is 11.5 Å². The van der Waals surface area contributed by atoms with Crippen molar-refractivity contribution in [3.8, 4) is 23.1 Å². The van der Waals surface area contributed by atoms with Gasteiger partial charge in [0.2, 0.25) is 11.8 Å². The third-order valence-corrected chi connectivity index (χ3v) is 5.33. The maximum absolute atomic E-state index is 13.0. The molecule has 0 spiro atoms. The Kier molecular flexibility index (Phi) is 8.49. The van der Waals surface area contributed by atoms with Crippen molar-refractivity contribution in [1.82, 2.24) is 14.7 Å². The largest absolute Gasteiger partial charge is 0.497 e. The van der Waals surface area contributed by atoms with Gasteiger partial charge in [0.15, 0.2) is 0 Å². The van der Waals surface area contributed by atoms with E-state index in [4.69, 9.17) is 19.3 Å². The number of ether oxygens (including phenoxy) is 3. The lowest BCUT2D eigenvalue weighted by atomic mass is 10.1.